The smallest absolute Gasteiger partial charge is 0.225 e. The molecule has 0 aromatic carbocycles. The first kappa shape index (κ1) is 13.4. The maximum atomic E-state index is 12.2. The van der Waals surface area contributed by atoms with Gasteiger partial charge in [0.25, 0.3) is 0 Å². The highest BCUT2D eigenvalue weighted by Gasteiger charge is 2.56. The Balaban J connectivity index is 1.57. The van der Waals surface area contributed by atoms with Crippen molar-refractivity contribution in [3.8, 4) is 0 Å². The van der Waals surface area contributed by atoms with E-state index in [-0.39, 0.29) is 17.6 Å². The lowest BCUT2D eigenvalue weighted by atomic mass is 9.58. The molecular formula is C15H25NO3. The summed E-state index contributed by atoms with van der Waals surface area (Å²) in [6, 6.07) is 0. The van der Waals surface area contributed by atoms with Crippen molar-refractivity contribution >= 4 is 5.91 Å². The molecule has 1 N–H and O–H groups in total. The van der Waals surface area contributed by atoms with Crippen molar-refractivity contribution in [3.63, 3.8) is 0 Å². The van der Waals surface area contributed by atoms with Crippen LogP contribution in [0.2, 0.25) is 0 Å². The molecule has 1 saturated heterocycles. The molecule has 2 unspecified atom stereocenters. The van der Waals surface area contributed by atoms with Crippen LogP contribution in [0.3, 0.4) is 0 Å². The number of likely N-dealkylation sites (tertiary alicyclic amines) is 1. The molecule has 4 heteroatoms. The van der Waals surface area contributed by atoms with Gasteiger partial charge in [-0.1, -0.05) is 6.42 Å². The van der Waals surface area contributed by atoms with Crippen LogP contribution >= 0.6 is 0 Å². The number of hydrogen-bond donors (Lipinski definition) is 1. The normalized spacial score (nSPS) is 33.9. The zero-order valence-corrected chi connectivity index (χ0v) is 11.8. The largest absolute Gasteiger partial charge is 0.392 e. The van der Waals surface area contributed by atoms with E-state index in [4.69, 9.17) is 4.74 Å². The van der Waals surface area contributed by atoms with Gasteiger partial charge in [0.15, 0.2) is 0 Å². The third-order valence-corrected chi connectivity index (χ3v) is 5.57. The maximum absolute atomic E-state index is 12.2. The average molecular weight is 267 g/mol. The topological polar surface area (TPSA) is 49.8 Å². The van der Waals surface area contributed by atoms with Crippen molar-refractivity contribution in [2.24, 2.45) is 11.3 Å². The Morgan fingerprint density at radius 3 is 2.53 bits per heavy atom. The van der Waals surface area contributed by atoms with Crippen molar-refractivity contribution < 1.29 is 14.6 Å². The van der Waals surface area contributed by atoms with Crippen LogP contribution in [0.4, 0.5) is 0 Å². The number of piperidine rings is 1. The number of ether oxygens (including phenoxy) is 1. The standard InChI is InChI=1S/C15H25NO3/c1-2-19-13-10-12(17)15(13)6-8-16(9-7-15)14(18)11-4-3-5-11/h11-13,17H,2-10H2,1H3. The van der Waals surface area contributed by atoms with Crippen LogP contribution in [0.15, 0.2) is 0 Å². The van der Waals surface area contributed by atoms with Gasteiger partial charge in [-0.05, 0) is 32.6 Å². The summed E-state index contributed by atoms with van der Waals surface area (Å²) in [4.78, 5) is 14.2. The second-order valence-corrected chi connectivity index (χ2v) is 6.38. The van der Waals surface area contributed by atoms with E-state index in [0.29, 0.717) is 18.4 Å². The molecule has 3 rings (SSSR count). The quantitative estimate of drug-likeness (QED) is 0.844. The Bertz CT molecular complexity index is 343. The van der Waals surface area contributed by atoms with Crippen LogP contribution in [-0.2, 0) is 9.53 Å². The van der Waals surface area contributed by atoms with E-state index in [2.05, 4.69) is 0 Å². The Labute approximate surface area is 115 Å². The molecular weight excluding hydrogens is 242 g/mol. The van der Waals surface area contributed by atoms with Gasteiger partial charge in [0.2, 0.25) is 5.91 Å². The molecule has 2 saturated carbocycles. The van der Waals surface area contributed by atoms with Crippen LogP contribution in [-0.4, -0.2) is 47.8 Å². The molecule has 2 aliphatic carbocycles. The molecule has 3 aliphatic rings. The van der Waals surface area contributed by atoms with Crippen LogP contribution in [0.25, 0.3) is 0 Å². The van der Waals surface area contributed by atoms with Crippen molar-refractivity contribution in [3.05, 3.63) is 0 Å². The Morgan fingerprint density at radius 2 is 2.05 bits per heavy atom. The highest BCUT2D eigenvalue weighted by molar-refractivity contribution is 5.79. The van der Waals surface area contributed by atoms with Gasteiger partial charge in [-0.15, -0.1) is 0 Å². The molecule has 19 heavy (non-hydrogen) atoms. The molecule has 0 aromatic rings. The van der Waals surface area contributed by atoms with E-state index < -0.39 is 0 Å². The number of rotatable bonds is 3. The zero-order valence-electron chi connectivity index (χ0n) is 11.8. The molecule has 0 radical (unpaired) electrons. The van der Waals surface area contributed by atoms with Crippen molar-refractivity contribution in [2.45, 2.75) is 57.7 Å². The number of carbonyl (C=O) groups is 1. The zero-order chi connectivity index (χ0) is 13.5. The molecule has 108 valence electrons. The van der Waals surface area contributed by atoms with Gasteiger partial charge in [-0.2, -0.15) is 0 Å². The summed E-state index contributed by atoms with van der Waals surface area (Å²) in [7, 11) is 0. The Morgan fingerprint density at radius 1 is 1.37 bits per heavy atom. The van der Waals surface area contributed by atoms with Gasteiger partial charge >= 0.3 is 0 Å². The van der Waals surface area contributed by atoms with Gasteiger partial charge in [0.05, 0.1) is 12.2 Å². The van der Waals surface area contributed by atoms with Gasteiger partial charge in [-0.3, -0.25) is 4.79 Å². The lowest BCUT2D eigenvalue weighted by molar-refractivity contribution is -0.210. The molecule has 2 atom stereocenters. The van der Waals surface area contributed by atoms with Crippen LogP contribution in [0.1, 0.15) is 45.4 Å². The summed E-state index contributed by atoms with van der Waals surface area (Å²) in [5, 5.41) is 10.1. The summed E-state index contributed by atoms with van der Waals surface area (Å²) < 4.78 is 5.75. The predicted molar refractivity (Wildman–Crippen MR) is 71.6 cm³/mol. The van der Waals surface area contributed by atoms with E-state index in [1.165, 1.54) is 6.42 Å². The Hall–Kier alpha value is -0.610. The van der Waals surface area contributed by atoms with Crippen molar-refractivity contribution in [1.29, 1.82) is 0 Å². The SMILES string of the molecule is CCOC1CC(O)C12CCN(C(=O)C1CCC1)CC2. The molecule has 1 spiro atoms. The number of carbonyl (C=O) groups excluding carboxylic acids is 1. The van der Waals surface area contributed by atoms with Crippen LogP contribution in [0, 0.1) is 11.3 Å². The molecule has 0 bridgehead atoms. The minimum absolute atomic E-state index is 0.0631. The second kappa shape index (κ2) is 5.06. The highest BCUT2D eigenvalue weighted by atomic mass is 16.5. The van der Waals surface area contributed by atoms with E-state index in [1.807, 2.05) is 11.8 Å². The molecule has 1 amide bonds. The van der Waals surface area contributed by atoms with Crippen molar-refractivity contribution in [1.82, 2.24) is 4.90 Å². The molecule has 0 aromatic heterocycles. The first-order chi connectivity index (χ1) is 9.17. The van der Waals surface area contributed by atoms with Crippen molar-refractivity contribution in [2.75, 3.05) is 19.7 Å². The number of hydrogen-bond acceptors (Lipinski definition) is 3. The lowest BCUT2D eigenvalue weighted by Crippen LogP contribution is -2.63. The predicted octanol–water partition coefficient (Wildman–Crippen LogP) is 1.56. The molecule has 4 nitrogen and oxygen atoms in total. The first-order valence-electron chi connectivity index (χ1n) is 7.76. The number of aliphatic hydroxyl groups is 1. The average Bonchev–Trinajstić information content (AvgIpc) is 2.37. The number of amides is 1. The fraction of sp³-hybridized carbons (Fsp3) is 0.933. The summed E-state index contributed by atoms with van der Waals surface area (Å²) in [6.45, 7) is 4.32. The van der Waals surface area contributed by atoms with Crippen LogP contribution in [0.5, 0.6) is 0 Å². The maximum Gasteiger partial charge on any atom is 0.225 e. The molecule has 1 heterocycles. The Kier molecular flexibility index (Phi) is 3.56. The first-order valence-corrected chi connectivity index (χ1v) is 7.76. The third-order valence-electron chi connectivity index (χ3n) is 5.57. The fourth-order valence-corrected chi connectivity index (χ4v) is 3.87. The fourth-order valence-electron chi connectivity index (χ4n) is 3.87. The summed E-state index contributed by atoms with van der Waals surface area (Å²) >= 11 is 0. The lowest BCUT2D eigenvalue weighted by Gasteiger charge is -2.56. The van der Waals surface area contributed by atoms with Gasteiger partial charge in [-0.25, -0.2) is 0 Å². The highest BCUT2D eigenvalue weighted by Crippen LogP contribution is 2.51. The monoisotopic (exact) mass is 267 g/mol. The summed E-state index contributed by atoms with van der Waals surface area (Å²) in [5.41, 5.74) is -0.0631. The van der Waals surface area contributed by atoms with E-state index in [0.717, 1.165) is 45.2 Å². The summed E-state index contributed by atoms with van der Waals surface area (Å²) in [6.07, 6.45) is 5.90. The minimum atomic E-state index is -0.231. The summed E-state index contributed by atoms with van der Waals surface area (Å²) in [5.74, 6) is 0.644. The minimum Gasteiger partial charge on any atom is -0.392 e. The molecule has 3 fully saturated rings. The van der Waals surface area contributed by atoms with Gasteiger partial charge in [0, 0.05) is 37.5 Å². The van der Waals surface area contributed by atoms with Gasteiger partial charge < -0.3 is 14.7 Å². The van der Waals surface area contributed by atoms with E-state index in [9.17, 15) is 9.90 Å². The number of aliphatic hydroxyl groups excluding tert-OH is 1. The van der Waals surface area contributed by atoms with E-state index >= 15 is 0 Å². The number of nitrogens with zero attached hydrogens (tertiary/aromatic N) is 1. The van der Waals surface area contributed by atoms with Crippen LogP contribution < -0.4 is 0 Å². The third kappa shape index (κ3) is 2.09. The van der Waals surface area contributed by atoms with E-state index in [1.54, 1.807) is 0 Å². The molecule has 1 aliphatic heterocycles. The second-order valence-electron chi connectivity index (χ2n) is 6.38. The van der Waals surface area contributed by atoms with Gasteiger partial charge in [0.1, 0.15) is 0 Å².